The number of ketones is 1. The summed E-state index contributed by atoms with van der Waals surface area (Å²) < 4.78 is 4.90. The molecule has 0 aliphatic rings. The molecule has 0 bridgehead atoms. The predicted octanol–water partition coefficient (Wildman–Crippen LogP) is 1.92. The maximum atomic E-state index is 11.8. The third kappa shape index (κ3) is 3.82. The molecule has 0 saturated carbocycles. The molecule has 0 saturated heterocycles. The molecule has 8 heteroatoms. The highest BCUT2D eigenvalue weighted by Crippen LogP contribution is 2.24. The van der Waals surface area contributed by atoms with E-state index in [1.807, 2.05) is 0 Å². The van der Waals surface area contributed by atoms with Gasteiger partial charge in [0.05, 0.1) is 18.8 Å². The number of thiazole rings is 1. The molecule has 0 amide bonds. The molecular formula is C13H14N4O3S. The SMILES string of the molecule is CCOC(=O)c1nc(NCc2ccncn2)sc1C(C)=O. The van der Waals surface area contributed by atoms with Crippen LogP contribution in [0.15, 0.2) is 18.6 Å². The van der Waals surface area contributed by atoms with Crippen LogP contribution < -0.4 is 5.32 Å². The molecule has 2 rings (SSSR count). The van der Waals surface area contributed by atoms with Crippen LogP contribution in [0.1, 0.15) is 39.7 Å². The lowest BCUT2D eigenvalue weighted by Gasteiger charge is -2.00. The number of ether oxygens (including phenoxy) is 1. The van der Waals surface area contributed by atoms with Gasteiger partial charge in [-0.15, -0.1) is 0 Å². The first kappa shape index (κ1) is 15.0. The summed E-state index contributed by atoms with van der Waals surface area (Å²) >= 11 is 1.13. The van der Waals surface area contributed by atoms with Gasteiger partial charge in [-0.2, -0.15) is 0 Å². The van der Waals surface area contributed by atoms with Gasteiger partial charge in [0.1, 0.15) is 11.2 Å². The van der Waals surface area contributed by atoms with E-state index in [1.54, 1.807) is 19.2 Å². The Morgan fingerprint density at radius 3 is 2.86 bits per heavy atom. The molecule has 2 aromatic heterocycles. The first-order valence-corrected chi connectivity index (χ1v) is 7.11. The van der Waals surface area contributed by atoms with Crippen molar-refractivity contribution in [3.8, 4) is 0 Å². The molecule has 0 radical (unpaired) electrons. The van der Waals surface area contributed by atoms with E-state index in [1.165, 1.54) is 13.3 Å². The number of anilines is 1. The number of carbonyl (C=O) groups is 2. The van der Waals surface area contributed by atoms with Crippen molar-refractivity contribution in [2.24, 2.45) is 0 Å². The highest BCUT2D eigenvalue weighted by atomic mass is 32.1. The summed E-state index contributed by atoms with van der Waals surface area (Å²) in [6.07, 6.45) is 3.08. The zero-order chi connectivity index (χ0) is 15.2. The Kier molecular flexibility index (Phi) is 4.94. The number of rotatable bonds is 6. The van der Waals surface area contributed by atoms with Crippen LogP contribution in [0.2, 0.25) is 0 Å². The predicted molar refractivity (Wildman–Crippen MR) is 77.4 cm³/mol. The molecule has 0 unspecified atom stereocenters. The van der Waals surface area contributed by atoms with E-state index < -0.39 is 5.97 Å². The molecule has 0 atom stereocenters. The van der Waals surface area contributed by atoms with Gasteiger partial charge in [-0.3, -0.25) is 4.79 Å². The minimum absolute atomic E-state index is 0.0551. The molecule has 0 aromatic carbocycles. The van der Waals surface area contributed by atoms with Crippen molar-refractivity contribution >= 4 is 28.2 Å². The van der Waals surface area contributed by atoms with Gasteiger partial charge in [-0.25, -0.2) is 19.7 Å². The second-order valence-electron chi connectivity index (χ2n) is 4.03. The van der Waals surface area contributed by atoms with Crippen molar-refractivity contribution in [1.29, 1.82) is 0 Å². The lowest BCUT2D eigenvalue weighted by Crippen LogP contribution is -2.09. The van der Waals surface area contributed by atoms with E-state index >= 15 is 0 Å². The molecule has 2 heterocycles. The average molecular weight is 306 g/mol. The minimum atomic E-state index is -0.589. The average Bonchev–Trinajstić information content (AvgIpc) is 2.91. The van der Waals surface area contributed by atoms with Crippen molar-refractivity contribution in [3.63, 3.8) is 0 Å². The van der Waals surface area contributed by atoms with Crippen LogP contribution in [0.25, 0.3) is 0 Å². The number of nitrogens with zero attached hydrogens (tertiary/aromatic N) is 3. The summed E-state index contributed by atoms with van der Waals surface area (Å²) in [5, 5.41) is 3.50. The largest absolute Gasteiger partial charge is 0.461 e. The summed E-state index contributed by atoms with van der Waals surface area (Å²) in [5.41, 5.74) is 0.835. The van der Waals surface area contributed by atoms with Crippen molar-refractivity contribution in [2.75, 3.05) is 11.9 Å². The number of esters is 1. The molecule has 2 aromatic rings. The Morgan fingerprint density at radius 1 is 1.43 bits per heavy atom. The van der Waals surface area contributed by atoms with Gasteiger partial charge in [-0.05, 0) is 13.0 Å². The number of carbonyl (C=O) groups excluding carboxylic acids is 2. The molecule has 0 aliphatic carbocycles. The van der Waals surface area contributed by atoms with Gasteiger partial charge >= 0.3 is 5.97 Å². The first-order chi connectivity index (χ1) is 10.1. The topological polar surface area (TPSA) is 94.1 Å². The van der Waals surface area contributed by atoms with E-state index in [2.05, 4.69) is 20.3 Å². The lowest BCUT2D eigenvalue weighted by atomic mass is 10.3. The molecule has 7 nitrogen and oxygen atoms in total. The third-order valence-electron chi connectivity index (χ3n) is 2.48. The fourth-order valence-corrected chi connectivity index (χ4v) is 2.40. The zero-order valence-electron chi connectivity index (χ0n) is 11.6. The highest BCUT2D eigenvalue weighted by Gasteiger charge is 2.22. The molecule has 1 N–H and O–H groups in total. The quantitative estimate of drug-likeness (QED) is 0.643. The summed E-state index contributed by atoms with van der Waals surface area (Å²) in [4.78, 5) is 35.7. The van der Waals surface area contributed by atoms with Gasteiger partial charge < -0.3 is 10.1 Å². The molecule has 110 valence electrons. The van der Waals surface area contributed by atoms with Crippen LogP contribution in [-0.2, 0) is 11.3 Å². The first-order valence-electron chi connectivity index (χ1n) is 6.29. The van der Waals surface area contributed by atoms with Gasteiger partial charge in [0.25, 0.3) is 0 Å². The summed E-state index contributed by atoms with van der Waals surface area (Å²) in [7, 11) is 0. The fourth-order valence-electron chi connectivity index (χ4n) is 1.56. The van der Waals surface area contributed by atoms with E-state index in [0.717, 1.165) is 17.0 Å². The second kappa shape index (κ2) is 6.89. The second-order valence-corrected chi connectivity index (χ2v) is 5.03. The Hall–Kier alpha value is -2.35. The van der Waals surface area contributed by atoms with Crippen LogP contribution >= 0.6 is 11.3 Å². The van der Waals surface area contributed by atoms with Crippen molar-refractivity contribution < 1.29 is 14.3 Å². The highest BCUT2D eigenvalue weighted by molar-refractivity contribution is 7.17. The van der Waals surface area contributed by atoms with Gasteiger partial charge in [0.2, 0.25) is 0 Å². The minimum Gasteiger partial charge on any atom is -0.461 e. The summed E-state index contributed by atoms with van der Waals surface area (Å²) in [6, 6.07) is 1.76. The standard InChI is InChI=1S/C13H14N4O3S/c1-3-20-12(19)10-11(8(2)18)21-13(17-10)15-6-9-4-5-14-7-16-9/h4-5,7H,3,6H2,1-2H3,(H,15,17). The van der Waals surface area contributed by atoms with Crippen molar-refractivity contribution in [3.05, 3.63) is 34.9 Å². The van der Waals surface area contributed by atoms with Gasteiger partial charge in [-0.1, -0.05) is 11.3 Å². The fraction of sp³-hybridized carbons (Fsp3) is 0.308. The number of hydrogen-bond acceptors (Lipinski definition) is 8. The molecule has 0 fully saturated rings. The maximum Gasteiger partial charge on any atom is 0.358 e. The van der Waals surface area contributed by atoms with E-state index in [4.69, 9.17) is 4.74 Å². The zero-order valence-corrected chi connectivity index (χ0v) is 12.4. The van der Waals surface area contributed by atoms with Gasteiger partial charge in [0, 0.05) is 13.1 Å². The molecule has 21 heavy (non-hydrogen) atoms. The maximum absolute atomic E-state index is 11.8. The van der Waals surface area contributed by atoms with E-state index in [9.17, 15) is 9.59 Å². The number of nitrogens with one attached hydrogen (secondary N) is 1. The Bertz CT molecular complexity index is 642. The summed E-state index contributed by atoms with van der Waals surface area (Å²) in [5.74, 6) is -0.806. The van der Waals surface area contributed by atoms with Crippen LogP contribution in [0.3, 0.4) is 0 Å². The third-order valence-corrected chi connectivity index (χ3v) is 3.59. The lowest BCUT2D eigenvalue weighted by molar-refractivity contribution is 0.0517. The van der Waals surface area contributed by atoms with Crippen LogP contribution in [0.5, 0.6) is 0 Å². The number of Topliss-reactive ketones (excluding diaryl/α,β-unsaturated/α-hetero) is 1. The monoisotopic (exact) mass is 306 g/mol. The van der Waals surface area contributed by atoms with Crippen LogP contribution in [-0.4, -0.2) is 33.3 Å². The van der Waals surface area contributed by atoms with E-state index in [-0.39, 0.29) is 18.1 Å². The molecule has 0 aliphatic heterocycles. The Morgan fingerprint density at radius 2 is 2.24 bits per heavy atom. The number of hydrogen-bond donors (Lipinski definition) is 1. The number of aromatic nitrogens is 3. The Labute approximate surface area is 125 Å². The van der Waals surface area contributed by atoms with Crippen molar-refractivity contribution in [2.45, 2.75) is 20.4 Å². The van der Waals surface area contributed by atoms with E-state index in [0.29, 0.717) is 16.6 Å². The Balaban J connectivity index is 2.15. The van der Waals surface area contributed by atoms with Crippen LogP contribution in [0, 0.1) is 0 Å². The van der Waals surface area contributed by atoms with Gasteiger partial charge in [0.15, 0.2) is 16.6 Å². The summed E-state index contributed by atoms with van der Waals surface area (Å²) in [6.45, 7) is 3.75. The van der Waals surface area contributed by atoms with Crippen molar-refractivity contribution in [1.82, 2.24) is 15.0 Å². The van der Waals surface area contributed by atoms with Crippen LogP contribution in [0.4, 0.5) is 5.13 Å². The normalized spacial score (nSPS) is 10.2. The molecule has 0 spiro atoms. The smallest absolute Gasteiger partial charge is 0.358 e. The molecular weight excluding hydrogens is 292 g/mol.